The molecular formula is C10H10Cl2O. The average Bonchev–Trinajstić information content (AvgIpc) is 2.10. The third-order valence-corrected chi connectivity index (χ3v) is 2.24. The normalized spacial score (nSPS) is 11.0. The van der Waals surface area contributed by atoms with Gasteiger partial charge >= 0.3 is 0 Å². The molecule has 70 valence electrons. The Morgan fingerprint density at radius 1 is 1.23 bits per heavy atom. The van der Waals surface area contributed by atoms with E-state index < -0.39 is 0 Å². The molecule has 1 N–H and O–H groups in total. The van der Waals surface area contributed by atoms with Crippen molar-refractivity contribution in [1.82, 2.24) is 0 Å². The molecule has 1 nitrogen and oxygen atoms in total. The summed E-state index contributed by atoms with van der Waals surface area (Å²) in [5, 5.41) is 9.82. The lowest BCUT2D eigenvalue weighted by atomic mass is 10.2. The van der Waals surface area contributed by atoms with E-state index in [1.165, 1.54) is 0 Å². The van der Waals surface area contributed by atoms with E-state index in [-0.39, 0.29) is 6.61 Å². The summed E-state index contributed by atoms with van der Waals surface area (Å²) in [5.74, 6) is 0. The van der Waals surface area contributed by atoms with Crippen molar-refractivity contribution in [3.63, 3.8) is 0 Å². The second kappa shape index (κ2) is 5.28. The summed E-state index contributed by atoms with van der Waals surface area (Å²) in [6, 6.07) is 5.37. The third-order valence-electron chi connectivity index (χ3n) is 1.58. The van der Waals surface area contributed by atoms with E-state index in [0.29, 0.717) is 16.5 Å². The number of aliphatic hydroxyl groups excluding tert-OH is 1. The minimum absolute atomic E-state index is 0.137. The lowest BCUT2D eigenvalue weighted by Gasteiger charge is -1.99. The molecule has 0 saturated heterocycles. The summed E-state index contributed by atoms with van der Waals surface area (Å²) in [4.78, 5) is 0. The van der Waals surface area contributed by atoms with Gasteiger partial charge in [0.15, 0.2) is 0 Å². The topological polar surface area (TPSA) is 20.2 Å². The highest BCUT2D eigenvalue weighted by Crippen LogP contribution is 2.25. The van der Waals surface area contributed by atoms with Gasteiger partial charge in [-0.3, -0.25) is 0 Å². The van der Waals surface area contributed by atoms with Crippen molar-refractivity contribution < 1.29 is 5.11 Å². The maximum atomic E-state index is 8.57. The number of hydrogen-bond donors (Lipinski definition) is 1. The smallest absolute Gasteiger partial charge is 0.0493 e. The minimum atomic E-state index is 0.137. The Balaban J connectivity index is 2.87. The molecule has 1 aromatic carbocycles. The fourth-order valence-electron chi connectivity index (χ4n) is 0.946. The lowest BCUT2D eigenvalue weighted by Crippen LogP contribution is -1.79. The largest absolute Gasteiger partial charge is 0.396 e. The van der Waals surface area contributed by atoms with E-state index in [4.69, 9.17) is 28.3 Å². The van der Waals surface area contributed by atoms with Crippen molar-refractivity contribution in [3.8, 4) is 0 Å². The Morgan fingerprint density at radius 3 is 2.38 bits per heavy atom. The number of benzene rings is 1. The van der Waals surface area contributed by atoms with Crippen molar-refractivity contribution >= 4 is 29.3 Å². The van der Waals surface area contributed by atoms with Gasteiger partial charge in [0.1, 0.15) is 0 Å². The summed E-state index contributed by atoms with van der Waals surface area (Å²) < 4.78 is 0. The number of hydrogen-bond acceptors (Lipinski definition) is 1. The number of rotatable bonds is 3. The van der Waals surface area contributed by atoms with Gasteiger partial charge in [0.2, 0.25) is 0 Å². The molecule has 1 rings (SSSR count). The zero-order valence-corrected chi connectivity index (χ0v) is 8.52. The highest BCUT2D eigenvalue weighted by atomic mass is 35.5. The summed E-state index contributed by atoms with van der Waals surface area (Å²) in [6.45, 7) is 0.137. The first kappa shape index (κ1) is 10.6. The first-order valence-corrected chi connectivity index (χ1v) is 4.72. The third kappa shape index (κ3) is 3.03. The zero-order valence-electron chi connectivity index (χ0n) is 7.00. The molecule has 0 aliphatic carbocycles. The van der Waals surface area contributed by atoms with Crippen LogP contribution >= 0.6 is 23.2 Å². The van der Waals surface area contributed by atoms with E-state index in [1.54, 1.807) is 18.2 Å². The van der Waals surface area contributed by atoms with Crippen LogP contribution in [0.1, 0.15) is 12.0 Å². The second-order valence-electron chi connectivity index (χ2n) is 2.55. The first-order valence-electron chi connectivity index (χ1n) is 3.97. The van der Waals surface area contributed by atoms with Crippen LogP contribution in [0.2, 0.25) is 10.0 Å². The van der Waals surface area contributed by atoms with Crippen LogP contribution in [0.25, 0.3) is 6.08 Å². The van der Waals surface area contributed by atoms with Crippen LogP contribution in [0, 0.1) is 0 Å². The molecule has 0 aromatic heterocycles. The molecule has 0 atom stereocenters. The number of halogens is 2. The van der Waals surface area contributed by atoms with Gasteiger partial charge in [-0.2, -0.15) is 0 Å². The summed E-state index contributed by atoms with van der Waals surface area (Å²) in [7, 11) is 0. The lowest BCUT2D eigenvalue weighted by molar-refractivity contribution is 0.303. The molecule has 0 unspecified atom stereocenters. The predicted molar refractivity (Wildman–Crippen MR) is 57.2 cm³/mol. The van der Waals surface area contributed by atoms with Gasteiger partial charge < -0.3 is 5.11 Å². The van der Waals surface area contributed by atoms with Gasteiger partial charge in [0, 0.05) is 22.2 Å². The molecule has 0 spiro atoms. The molecule has 0 saturated carbocycles. The Hall–Kier alpha value is -0.500. The highest BCUT2D eigenvalue weighted by Gasteiger charge is 1.99. The Labute approximate surface area is 87.6 Å². The monoisotopic (exact) mass is 216 g/mol. The maximum absolute atomic E-state index is 8.57. The second-order valence-corrected chi connectivity index (χ2v) is 3.36. The standard InChI is InChI=1S/C10H10Cl2O/c11-9-5-3-6-10(12)8(9)4-1-2-7-13/h1,3-6,13H,2,7H2. The van der Waals surface area contributed by atoms with Crippen LogP contribution in [-0.2, 0) is 0 Å². The summed E-state index contributed by atoms with van der Waals surface area (Å²) >= 11 is 11.8. The molecule has 0 aliphatic heterocycles. The van der Waals surface area contributed by atoms with Gasteiger partial charge in [-0.15, -0.1) is 0 Å². The van der Waals surface area contributed by atoms with Gasteiger partial charge in [0.25, 0.3) is 0 Å². The average molecular weight is 217 g/mol. The van der Waals surface area contributed by atoms with Crippen LogP contribution in [0.5, 0.6) is 0 Å². The van der Waals surface area contributed by atoms with Gasteiger partial charge in [-0.1, -0.05) is 41.4 Å². The molecular weight excluding hydrogens is 207 g/mol. The molecule has 3 heteroatoms. The van der Waals surface area contributed by atoms with Crippen LogP contribution in [0.15, 0.2) is 24.3 Å². The van der Waals surface area contributed by atoms with Gasteiger partial charge in [0.05, 0.1) is 0 Å². The SMILES string of the molecule is OCCC=Cc1c(Cl)cccc1Cl. The molecule has 0 aliphatic rings. The van der Waals surface area contributed by atoms with E-state index in [0.717, 1.165) is 5.56 Å². The Morgan fingerprint density at radius 2 is 1.85 bits per heavy atom. The fourth-order valence-corrected chi connectivity index (χ4v) is 1.47. The van der Waals surface area contributed by atoms with Crippen molar-refractivity contribution in [3.05, 3.63) is 39.9 Å². The molecule has 0 amide bonds. The van der Waals surface area contributed by atoms with Crippen LogP contribution in [0.3, 0.4) is 0 Å². The van der Waals surface area contributed by atoms with Crippen LogP contribution in [0.4, 0.5) is 0 Å². The summed E-state index contributed by atoms with van der Waals surface area (Å²) in [6.07, 6.45) is 4.27. The molecule has 1 aromatic rings. The van der Waals surface area contributed by atoms with Crippen molar-refractivity contribution in [1.29, 1.82) is 0 Å². The van der Waals surface area contributed by atoms with Crippen LogP contribution < -0.4 is 0 Å². The maximum Gasteiger partial charge on any atom is 0.0493 e. The van der Waals surface area contributed by atoms with E-state index >= 15 is 0 Å². The zero-order chi connectivity index (χ0) is 9.68. The first-order chi connectivity index (χ1) is 6.25. The predicted octanol–water partition coefficient (Wildman–Crippen LogP) is 3.39. The molecule has 0 bridgehead atoms. The van der Waals surface area contributed by atoms with Gasteiger partial charge in [-0.25, -0.2) is 0 Å². The van der Waals surface area contributed by atoms with Crippen molar-refractivity contribution in [2.24, 2.45) is 0 Å². The molecule has 0 radical (unpaired) electrons. The Bertz CT molecular complexity index is 288. The Kier molecular flexibility index (Phi) is 4.29. The van der Waals surface area contributed by atoms with E-state index in [9.17, 15) is 0 Å². The quantitative estimate of drug-likeness (QED) is 0.822. The fraction of sp³-hybridized carbons (Fsp3) is 0.200. The molecule has 0 fully saturated rings. The van der Waals surface area contributed by atoms with Crippen LogP contribution in [-0.4, -0.2) is 11.7 Å². The van der Waals surface area contributed by atoms with Crippen molar-refractivity contribution in [2.75, 3.05) is 6.61 Å². The van der Waals surface area contributed by atoms with Gasteiger partial charge in [-0.05, 0) is 18.6 Å². The number of aliphatic hydroxyl groups is 1. The molecule has 13 heavy (non-hydrogen) atoms. The van der Waals surface area contributed by atoms with E-state index in [2.05, 4.69) is 0 Å². The highest BCUT2D eigenvalue weighted by molar-refractivity contribution is 6.37. The van der Waals surface area contributed by atoms with E-state index in [1.807, 2.05) is 12.2 Å². The molecule has 0 heterocycles. The summed E-state index contributed by atoms with van der Waals surface area (Å²) in [5.41, 5.74) is 0.805. The minimum Gasteiger partial charge on any atom is -0.396 e. The van der Waals surface area contributed by atoms with Crippen molar-refractivity contribution in [2.45, 2.75) is 6.42 Å².